The summed E-state index contributed by atoms with van der Waals surface area (Å²) in [5.41, 5.74) is 1.22. The quantitative estimate of drug-likeness (QED) is 0.824. The first kappa shape index (κ1) is 15.0. The van der Waals surface area contributed by atoms with Crippen molar-refractivity contribution in [3.8, 4) is 6.07 Å². The highest BCUT2D eigenvalue weighted by molar-refractivity contribution is 5.86. The molecule has 2 aromatic heterocycles. The molecule has 7 nitrogen and oxygen atoms in total. The molecule has 0 radical (unpaired) electrons. The summed E-state index contributed by atoms with van der Waals surface area (Å²) < 4.78 is 7.12. The number of hydrogen-bond acceptors (Lipinski definition) is 5. The molecule has 1 atom stereocenters. The maximum Gasteiger partial charge on any atom is 0.245 e. The van der Waals surface area contributed by atoms with Crippen LogP contribution in [0.2, 0.25) is 0 Å². The van der Waals surface area contributed by atoms with Gasteiger partial charge in [0, 0.05) is 25.8 Å². The lowest BCUT2D eigenvalue weighted by molar-refractivity contribution is -0.136. The van der Waals surface area contributed by atoms with Gasteiger partial charge in [0.15, 0.2) is 11.5 Å². The number of amides is 1. The zero-order valence-electron chi connectivity index (χ0n) is 13.4. The highest BCUT2D eigenvalue weighted by Gasteiger charge is 2.36. The van der Waals surface area contributed by atoms with Gasteiger partial charge in [0.05, 0.1) is 13.2 Å². The molecule has 1 amide bonds. The highest BCUT2D eigenvalue weighted by Crippen LogP contribution is 2.29. The molecule has 4 rings (SSSR count). The van der Waals surface area contributed by atoms with Crippen LogP contribution >= 0.6 is 0 Å². The zero-order valence-corrected chi connectivity index (χ0v) is 13.4. The lowest BCUT2D eigenvalue weighted by atomic mass is 10.2. The SMILES string of the molecule is N#Cc1c(N2CCC[C@@H]2C(=O)N2CCOCC2)nc2ccccn12. The first-order valence-corrected chi connectivity index (χ1v) is 8.30. The van der Waals surface area contributed by atoms with Crippen molar-refractivity contribution in [2.24, 2.45) is 0 Å². The Labute approximate surface area is 140 Å². The van der Waals surface area contributed by atoms with E-state index in [1.54, 1.807) is 4.40 Å². The Balaban J connectivity index is 1.68. The molecular weight excluding hydrogens is 306 g/mol. The second-order valence-corrected chi connectivity index (χ2v) is 6.11. The number of aromatic nitrogens is 2. The lowest BCUT2D eigenvalue weighted by Gasteiger charge is -2.32. The van der Waals surface area contributed by atoms with Crippen LogP contribution in [0, 0.1) is 11.3 Å². The van der Waals surface area contributed by atoms with E-state index < -0.39 is 0 Å². The van der Waals surface area contributed by atoms with Gasteiger partial charge in [0.2, 0.25) is 5.91 Å². The standard InChI is InChI=1S/C17H19N5O2/c18-12-14-16(19-15-5-1-2-6-21(14)15)22-7-3-4-13(22)17(23)20-8-10-24-11-9-20/h1-2,5-6,13H,3-4,7-11H2/t13-/m1/s1. The van der Waals surface area contributed by atoms with Crippen molar-refractivity contribution < 1.29 is 9.53 Å². The Hall–Kier alpha value is -2.59. The van der Waals surface area contributed by atoms with Crippen molar-refractivity contribution in [3.63, 3.8) is 0 Å². The summed E-state index contributed by atoms with van der Waals surface area (Å²) in [4.78, 5) is 21.4. The molecule has 2 saturated heterocycles. The number of rotatable bonds is 2. The second-order valence-electron chi connectivity index (χ2n) is 6.11. The Morgan fingerprint density at radius 2 is 2.12 bits per heavy atom. The number of fused-ring (bicyclic) bond motifs is 1. The van der Waals surface area contributed by atoms with Crippen molar-refractivity contribution in [3.05, 3.63) is 30.1 Å². The summed E-state index contributed by atoms with van der Waals surface area (Å²) in [6, 6.07) is 7.66. The van der Waals surface area contributed by atoms with E-state index in [-0.39, 0.29) is 11.9 Å². The van der Waals surface area contributed by atoms with Crippen molar-refractivity contribution in [1.29, 1.82) is 5.26 Å². The third-order valence-corrected chi connectivity index (χ3v) is 4.75. The number of pyridine rings is 1. The van der Waals surface area contributed by atoms with Gasteiger partial charge in [-0.2, -0.15) is 5.26 Å². The van der Waals surface area contributed by atoms with Gasteiger partial charge >= 0.3 is 0 Å². The van der Waals surface area contributed by atoms with Crippen LogP contribution in [-0.2, 0) is 9.53 Å². The second kappa shape index (κ2) is 6.13. The average molecular weight is 325 g/mol. The summed E-state index contributed by atoms with van der Waals surface area (Å²) >= 11 is 0. The summed E-state index contributed by atoms with van der Waals surface area (Å²) in [5.74, 6) is 0.740. The van der Waals surface area contributed by atoms with Crippen LogP contribution in [0.15, 0.2) is 24.4 Å². The van der Waals surface area contributed by atoms with E-state index in [2.05, 4.69) is 11.1 Å². The van der Waals surface area contributed by atoms with E-state index in [1.165, 1.54) is 0 Å². The van der Waals surface area contributed by atoms with Gasteiger partial charge in [-0.05, 0) is 25.0 Å². The van der Waals surface area contributed by atoms with Crippen LogP contribution in [0.25, 0.3) is 5.65 Å². The third-order valence-electron chi connectivity index (χ3n) is 4.75. The lowest BCUT2D eigenvalue weighted by Crippen LogP contribution is -2.50. The predicted molar refractivity (Wildman–Crippen MR) is 87.7 cm³/mol. The molecular formula is C17H19N5O2. The summed E-state index contributed by atoms with van der Waals surface area (Å²) in [6.07, 6.45) is 3.56. The summed E-state index contributed by atoms with van der Waals surface area (Å²) in [7, 11) is 0. The van der Waals surface area contributed by atoms with Crippen LogP contribution in [0.4, 0.5) is 5.82 Å². The van der Waals surface area contributed by atoms with Crippen LogP contribution in [0.5, 0.6) is 0 Å². The van der Waals surface area contributed by atoms with Gasteiger partial charge in [-0.15, -0.1) is 0 Å². The molecule has 0 aliphatic carbocycles. The Kier molecular flexibility index (Phi) is 3.82. The molecule has 0 spiro atoms. The number of anilines is 1. The zero-order chi connectivity index (χ0) is 16.5. The van der Waals surface area contributed by atoms with Gasteiger partial charge in [0.25, 0.3) is 0 Å². The fourth-order valence-corrected chi connectivity index (χ4v) is 3.56. The molecule has 0 N–H and O–H groups in total. The number of ether oxygens (including phenoxy) is 1. The maximum absolute atomic E-state index is 12.9. The largest absolute Gasteiger partial charge is 0.378 e. The van der Waals surface area contributed by atoms with Crippen LogP contribution in [0.1, 0.15) is 18.5 Å². The van der Waals surface area contributed by atoms with Gasteiger partial charge < -0.3 is 14.5 Å². The minimum Gasteiger partial charge on any atom is -0.378 e. The molecule has 0 bridgehead atoms. The summed E-state index contributed by atoms with van der Waals surface area (Å²) in [6.45, 7) is 3.21. The minimum absolute atomic E-state index is 0.122. The number of carbonyl (C=O) groups excluding carboxylic acids is 1. The van der Waals surface area contributed by atoms with E-state index >= 15 is 0 Å². The molecule has 2 aliphatic rings. The number of nitriles is 1. The number of carbonyl (C=O) groups is 1. The van der Waals surface area contributed by atoms with Gasteiger partial charge in [-0.3, -0.25) is 9.20 Å². The van der Waals surface area contributed by atoms with Gasteiger partial charge in [0.1, 0.15) is 17.8 Å². The normalized spacial score (nSPS) is 21.2. The number of imidazole rings is 1. The fraction of sp³-hybridized carbons (Fsp3) is 0.471. The average Bonchev–Trinajstić information content (AvgIpc) is 3.25. The van der Waals surface area contributed by atoms with E-state index in [1.807, 2.05) is 34.2 Å². The molecule has 0 aromatic carbocycles. The maximum atomic E-state index is 12.9. The predicted octanol–water partition coefficient (Wildman–Crippen LogP) is 1.03. The fourth-order valence-electron chi connectivity index (χ4n) is 3.56. The molecule has 2 aromatic rings. The van der Waals surface area contributed by atoms with Crippen LogP contribution < -0.4 is 4.90 Å². The van der Waals surface area contributed by atoms with E-state index in [0.717, 1.165) is 25.0 Å². The van der Waals surface area contributed by atoms with Crippen molar-refractivity contribution in [1.82, 2.24) is 14.3 Å². The van der Waals surface area contributed by atoms with Crippen molar-refractivity contribution in [2.75, 3.05) is 37.7 Å². The molecule has 7 heteroatoms. The number of morpholine rings is 1. The van der Waals surface area contributed by atoms with Crippen LogP contribution in [-0.4, -0.2) is 59.1 Å². The molecule has 4 heterocycles. The van der Waals surface area contributed by atoms with E-state index in [4.69, 9.17) is 4.74 Å². The van der Waals surface area contributed by atoms with Crippen LogP contribution in [0.3, 0.4) is 0 Å². The Morgan fingerprint density at radius 1 is 1.29 bits per heavy atom. The summed E-state index contributed by atoms with van der Waals surface area (Å²) in [5, 5.41) is 9.59. The minimum atomic E-state index is -0.236. The number of nitrogens with zero attached hydrogens (tertiary/aromatic N) is 5. The van der Waals surface area contributed by atoms with Gasteiger partial charge in [-0.1, -0.05) is 6.07 Å². The van der Waals surface area contributed by atoms with Gasteiger partial charge in [-0.25, -0.2) is 4.98 Å². The smallest absolute Gasteiger partial charge is 0.245 e. The third kappa shape index (κ3) is 2.39. The topological polar surface area (TPSA) is 73.9 Å². The molecule has 124 valence electrons. The Bertz CT molecular complexity index is 803. The van der Waals surface area contributed by atoms with Crippen molar-refractivity contribution >= 4 is 17.4 Å². The van der Waals surface area contributed by atoms with Crippen molar-refractivity contribution in [2.45, 2.75) is 18.9 Å². The first-order valence-electron chi connectivity index (χ1n) is 8.30. The van der Waals surface area contributed by atoms with E-state index in [9.17, 15) is 10.1 Å². The number of hydrogen-bond donors (Lipinski definition) is 0. The Morgan fingerprint density at radius 3 is 2.92 bits per heavy atom. The molecule has 2 fully saturated rings. The first-order chi connectivity index (χ1) is 11.8. The van der Waals surface area contributed by atoms with E-state index in [0.29, 0.717) is 37.8 Å². The molecule has 0 saturated carbocycles. The monoisotopic (exact) mass is 325 g/mol. The molecule has 24 heavy (non-hydrogen) atoms. The molecule has 0 unspecified atom stereocenters. The molecule has 2 aliphatic heterocycles. The highest BCUT2D eigenvalue weighted by atomic mass is 16.5.